The molecular formula is C20H15NO2. The molecule has 3 aromatic rings. The summed E-state index contributed by atoms with van der Waals surface area (Å²) in [6.45, 7) is 0. The predicted molar refractivity (Wildman–Crippen MR) is 90.8 cm³/mol. The molecule has 3 rings (SSSR count). The molecule has 1 N–H and O–H groups in total. The van der Waals surface area contributed by atoms with Crippen LogP contribution in [0.1, 0.15) is 21.5 Å². The van der Waals surface area contributed by atoms with Gasteiger partial charge in [0.05, 0.1) is 12.7 Å². The van der Waals surface area contributed by atoms with Crippen LogP contribution in [0.4, 0.5) is 0 Å². The summed E-state index contributed by atoms with van der Waals surface area (Å²) in [7, 11) is 1.41. The molecule has 0 aliphatic carbocycles. The van der Waals surface area contributed by atoms with Crippen molar-refractivity contribution in [3.8, 4) is 11.8 Å². The molecule has 0 atom stereocenters. The van der Waals surface area contributed by atoms with Gasteiger partial charge in [-0.1, -0.05) is 54.3 Å². The highest BCUT2D eigenvalue weighted by atomic mass is 16.6. The van der Waals surface area contributed by atoms with E-state index >= 15 is 0 Å². The Morgan fingerprint density at radius 3 is 2.26 bits per heavy atom. The number of carbonyl (C=O) groups excluding carboxylic acids is 1. The minimum atomic E-state index is -0.310. The van der Waals surface area contributed by atoms with Gasteiger partial charge in [0.2, 0.25) is 0 Å². The van der Waals surface area contributed by atoms with Crippen LogP contribution in [0.5, 0.6) is 0 Å². The summed E-state index contributed by atoms with van der Waals surface area (Å²) in [6.07, 6.45) is 0. The second-order valence-electron chi connectivity index (χ2n) is 5.00. The highest BCUT2D eigenvalue weighted by molar-refractivity contribution is 6.01. The first kappa shape index (κ1) is 14.8. The van der Waals surface area contributed by atoms with E-state index < -0.39 is 0 Å². The molecule has 23 heavy (non-hydrogen) atoms. The third-order valence-corrected chi connectivity index (χ3v) is 3.44. The van der Waals surface area contributed by atoms with Crippen molar-refractivity contribution in [2.75, 3.05) is 7.11 Å². The zero-order chi connectivity index (χ0) is 16.1. The fourth-order valence-corrected chi connectivity index (χ4v) is 2.34. The van der Waals surface area contributed by atoms with E-state index in [2.05, 4.69) is 17.3 Å². The zero-order valence-corrected chi connectivity index (χ0v) is 12.7. The maximum absolute atomic E-state index is 12.2. The van der Waals surface area contributed by atoms with E-state index in [4.69, 9.17) is 4.84 Å². The maximum Gasteiger partial charge on any atom is 0.276 e. The average molecular weight is 301 g/mol. The van der Waals surface area contributed by atoms with Gasteiger partial charge in [-0.25, -0.2) is 5.48 Å². The molecule has 0 fully saturated rings. The van der Waals surface area contributed by atoms with E-state index in [9.17, 15) is 4.79 Å². The van der Waals surface area contributed by atoms with Crippen LogP contribution in [-0.4, -0.2) is 13.0 Å². The first-order valence-electron chi connectivity index (χ1n) is 7.21. The standard InChI is InChI=1S/C20H15NO2/c1-23-21-20(22)19-14-17-10-6-5-9-16(17)13-18(19)12-11-15-7-3-2-4-8-15/h2-10,13-14H,1H3,(H,21,22). The number of rotatable bonds is 2. The summed E-state index contributed by atoms with van der Waals surface area (Å²) in [5.41, 5.74) is 4.42. The number of benzene rings is 3. The molecule has 3 nitrogen and oxygen atoms in total. The van der Waals surface area contributed by atoms with Gasteiger partial charge in [-0.3, -0.25) is 9.63 Å². The van der Waals surface area contributed by atoms with Crippen molar-refractivity contribution in [1.29, 1.82) is 0 Å². The summed E-state index contributed by atoms with van der Waals surface area (Å²) in [6, 6.07) is 21.3. The highest BCUT2D eigenvalue weighted by Crippen LogP contribution is 2.20. The first-order chi connectivity index (χ1) is 11.3. The van der Waals surface area contributed by atoms with E-state index in [1.54, 1.807) is 0 Å². The molecule has 0 aliphatic rings. The van der Waals surface area contributed by atoms with Crippen LogP contribution in [0.15, 0.2) is 66.7 Å². The minimum Gasteiger partial charge on any atom is -0.277 e. The monoisotopic (exact) mass is 301 g/mol. The van der Waals surface area contributed by atoms with Gasteiger partial charge >= 0.3 is 0 Å². The summed E-state index contributed by atoms with van der Waals surface area (Å²) >= 11 is 0. The van der Waals surface area contributed by atoms with Gasteiger partial charge in [0, 0.05) is 11.1 Å². The van der Waals surface area contributed by atoms with Crippen LogP contribution in [0.3, 0.4) is 0 Å². The number of amides is 1. The fraction of sp³-hybridized carbons (Fsp3) is 0.0500. The Balaban J connectivity index is 2.11. The summed E-state index contributed by atoms with van der Waals surface area (Å²) in [5.74, 6) is 5.88. The predicted octanol–water partition coefficient (Wildman–Crippen LogP) is 3.53. The molecule has 0 heterocycles. The highest BCUT2D eigenvalue weighted by Gasteiger charge is 2.11. The molecule has 0 saturated carbocycles. The largest absolute Gasteiger partial charge is 0.277 e. The Morgan fingerprint density at radius 1 is 0.913 bits per heavy atom. The molecule has 0 unspecified atom stereocenters. The lowest BCUT2D eigenvalue weighted by Gasteiger charge is -2.07. The summed E-state index contributed by atoms with van der Waals surface area (Å²) in [5, 5.41) is 2.03. The molecular weight excluding hydrogens is 286 g/mol. The van der Waals surface area contributed by atoms with Crippen molar-refractivity contribution < 1.29 is 9.63 Å². The van der Waals surface area contributed by atoms with E-state index in [1.807, 2.05) is 66.7 Å². The molecule has 0 bridgehead atoms. The van der Waals surface area contributed by atoms with Crippen molar-refractivity contribution in [2.45, 2.75) is 0 Å². The molecule has 0 aliphatic heterocycles. The number of hydroxylamine groups is 1. The Hall–Kier alpha value is -3.09. The number of carbonyl (C=O) groups is 1. The fourth-order valence-electron chi connectivity index (χ4n) is 2.34. The van der Waals surface area contributed by atoms with Gasteiger partial charge in [-0.2, -0.15) is 0 Å². The maximum atomic E-state index is 12.2. The second kappa shape index (κ2) is 6.78. The van der Waals surface area contributed by atoms with Gasteiger partial charge in [0.15, 0.2) is 0 Å². The lowest BCUT2D eigenvalue weighted by Crippen LogP contribution is -2.22. The molecule has 0 saturated heterocycles. The smallest absolute Gasteiger partial charge is 0.276 e. The number of fused-ring (bicyclic) bond motifs is 1. The molecule has 0 aromatic heterocycles. The second-order valence-corrected chi connectivity index (χ2v) is 5.00. The average Bonchev–Trinajstić information content (AvgIpc) is 2.60. The third kappa shape index (κ3) is 3.39. The van der Waals surface area contributed by atoms with E-state index in [0.29, 0.717) is 11.1 Å². The van der Waals surface area contributed by atoms with Gasteiger partial charge in [0.1, 0.15) is 0 Å². The SMILES string of the molecule is CONC(=O)c1cc2ccccc2cc1C#Cc1ccccc1. The van der Waals surface area contributed by atoms with Crippen molar-refractivity contribution in [3.63, 3.8) is 0 Å². The lowest BCUT2D eigenvalue weighted by molar-refractivity contribution is 0.0537. The van der Waals surface area contributed by atoms with Gasteiger partial charge in [-0.15, -0.1) is 0 Å². The minimum absolute atomic E-state index is 0.310. The third-order valence-electron chi connectivity index (χ3n) is 3.44. The van der Waals surface area contributed by atoms with Crippen LogP contribution in [0.2, 0.25) is 0 Å². The van der Waals surface area contributed by atoms with Crippen LogP contribution >= 0.6 is 0 Å². The number of hydrogen-bond acceptors (Lipinski definition) is 2. The number of nitrogens with one attached hydrogen (secondary N) is 1. The van der Waals surface area contributed by atoms with Crippen LogP contribution in [0, 0.1) is 11.8 Å². The first-order valence-corrected chi connectivity index (χ1v) is 7.21. The Bertz CT molecular complexity index is 905. The van der Waals surface area contributed by atoms with Gasteiger partial charge in [-0.05, 0) is 35.0 Å². The molecule has 112 valence electrons. The normalized spacial score (nSPS) is 9.96. The zero-order valence-electron chi connectivity index (χ0n) is 12.7. The van der Waals surface area contributed by atoms with Gasteiger partial charge < -0.3 is 0 Å². The van der Waals surface area contributed by atoms with Crippen molar-refractivity contribution in [2.24, 2.45) is 0 Å². The molecule has 1 amide bonds. The van der Waals surface area contributed by atoms with Crippen molar-refractivity contribution in [1.82, 2.24) is 5.48 Å². The summed E-state index contributed by atoms with van der Waals surface area (Å²) < 4.78 is 0. The number of hydrogen-bond donors (Lipinski definition) is 1. The van der Waals surface area contributed by atoms with Crippen LogP contribution < -0.4 is 5.48 Å². The molecule has 0 radical (unpaired) electrons. The molecule has 0 spiro atoms. The quantitative estimate of drug-likeness (QED) is 0.581. The summed E-state index contributed by atoms with van der Waals surface area (Å²) in [4.78, 5) is 17.0. The topological polar surface area (TPSA) is 38.3 Å². The molecule has 3 heteroatoms. The Morgan fingerprint density at radius 2 is 1.57 bits per heavy atom. The van der Waals surface area contributed by atoms with Crippen LogP contribution in [0.25, 0.3) is 10.8 Å². The Labute approximate surface area is 134 Å². The molecule has 3 aromatic carbocycles. The Kier molecular flexibility index (Phi) is 4.37. The van der Waals surface area contributed by atoms with Gasteiger partial charge in [0.25, 0.3) is 5.91 Å². The lowest BCUT2D eigenvalue weighted by atomic mass is 10.0. The van der Waals surface area contributed by atoms with E-state index in [0.717, 1.165) is 16.3 Å². The van der Waals surface area contributed by atoms with Crippen molar-refractivity contribution in [3.05, 3.63) is 83.4 Å². The van der Waals surface area contributed by atoms with Crippen molar-refractivity contribution >= 4 is 16.7 Å². The van der Waals surface area contributed by atoms with E-state index in [1.165, 1.54) is 7.11 Å². The van der Waals surface area contributed by atoms with E-state index in [-0.39, 0.29) is 5.91 Å². The van der Waals surface area contributed by atoms with Crippen LogP contribution in [-0.2, 0) is 4.84 Å².